The molecule has 31 heavy (non-hydrogen) atoms. The highest BCUT2D eigenvalue weighted by atomic mass is 19.1. The van der Waals surface area contributed by atoms with Crippen LogP contribution in [0.2, 0.25) is 0 Å². The van der Waals surface area contributed by atoms with Crippen LogP contribution in [0, 0.1) is 19.7 Å². The van der Waals surface area contributed by atoms with E-state index in [1.807, 2.05) is 44.2 Å². The van der Waals surface area contributed by atoms with E-state index in [1.165, 1.54) is 12.1 Å². The third-order valence-electron chi connectivity index (χ3n) is 5.20. The van der Waals surface area contributed by atoms with Gasteiger partial charge < -0.3 is 10.7 Å². The highest BCUT2D eigenvalue weighted by Crippen LogP contribution is 2.22. The number of hydrogen-bond donors (Lipinski definition) is 2. The molecule has 5 aromatic rings. The molecular weight excluding hydrogens is 393 g/mol. The molecule has 5 rings (SSSR count). The van der Waals surface area contributed by atoms with E-state index < -0.39 is 0 Å². The molecule has 0 radical (unpaired) electrons. The van der Waals surface area contributed by atoms with Crippen molar-refractivity contribution < 1.29 is 4.39 Å². The lowest BCUT2D eigenvalue weighted by Crippen LogP contribution is -2.01. The van der Waals surface area contributed by atoms with Crippen LogP contribution in [0.4, 0.5) is 10.2 Å². The van der Waals surface area contributed by atoms with E-state index in [4.69, 9.17) is 5.73 Å². The van der Waals surface area contributed by atoms with Crippen molar-refractivity contribution in [2.24, 2.45) is 0 Å². The van der Waals surface area contributed by atoms with Gasteiger partial charge in [-0.15, -0.1) is 0 Å². The molecule has 2 aromatic carbocycles. The first-order chi connectivity index (χ1) is 15.0. The van der Waals surface area contributed by atoms with E-state index >= 15 is 0 Å². The zero-order valence-corrected chi connectivity index (χ0v) is 17.0. The Hall–Kier alpha value is -4.20. The highest BCUT2D eigenvalue weighted by Gasteiger charge is 2.11. The second-order valence-corrected chi connectivity index (χ2v) is 7.28. The number of rotatable bonds is 2. The number of halogens is 1. The number of benzene rings is 2. The van der Waals surface area contributed by atoms with Crippen LogP contribution in [0.5, 0.6) is 0 Å². The Balaban J connectivity index is 1.74. The quantitative estimate of drug-likeness (QED) is 0.444. The van der Waals surface area contributed by atoms with Crippen molar-refractivity contribution in [2.45, 2.75) is 13.8 Å². The Labute approximate surface area is 177 Å². The van der Waals surface area contributed by atoms with Crippen LogP contribution in [0.25, 0.3) is 33.4 Å². The molecule has 154 valence electrons. The van der Waals surface area contributed by atoms with Crippen LogP contribution in [0.15, 0.2) is 66.9 Å². The Morgan fingerprint density at radius 1 is 0.935 bits per heavy atom. The largest absolute Gasteiger partial charge is 0.385 e. The third kappa shape index (κ3) is 3.28. The maximum absolute atomic E-state index is 13.4. The maximum atomic E-state index is 13.4. The van der Waals surface area contributed by atoms with Gasteiger partial charge in [0.25, 0.3) is 0 Å². The fourth-order valence-electron chi connectivity index (χ4n) is 3.68. The molecule has 0 fully saturated rings. The lowest BCUT2D eigenvalue weighted by molar-refractivity contribution is 0.627. The van der Waals surface area contributed by atoms with Crippen LogP contribution in [-0.4, -0.2) is 29.5 Å². The number of nitrogens with zero attached hydrogens (tertiary/aromatic N) is 5. The molecule has 3 aromatic heterocycles. The molecule has 0 bridgehead atoms. The average molecular weight is 413 g/mol. The van der Waals surface area contributed by atoms with Crippen molar-refractivity contribution in [3.63, 3.8) is 0 Å². The van der Waals surface area contributed by atoms with Gasteiger partial charge in [-0.05, 0) is 50.2 Å². The van der Waals surface area contributed by atoms with Gasteiger partial charge in [-0.1, -0.05) is 18.2 Å². The van der Waals surface area contributed by atoms with Crippen LogP contribution < -0.4 is 5.73 Å². The molecule has 0 atom stereocenters. The fraction of sp³-hybridized carbons (Fsp3) is 0.0870. The first kappa shape index (κ1) is 18.8. The number of nitrogen functional groups attached to an aromatic ring is 1. The molecule has 3 heterocycles. The van der Waals surface area contributed by atoms with Gasteiger partial charge in [-0.25, -0.2) is 18.7 Å². The highest BCUT2D eigenvalue weighted by molar-refractivity contribution is 5.82. The normalized spacial score (nSPS) is 11.2. The van der Waals surface area contributed by atoms with Gasteiger partial charge in [0.15, 0.2) is 5.82 Å². The molecule has 0 aliphatic carbocycles. The van der Waals surface area contributed by atoms with Crippen LogP contribution in [0.1, 0.15) is 11.4 Å². The molecule has 0 unspecified atom stereocenters. The molecule has 8 heteroatoms. The number of nitrogens with one attached hydrogen (secondary N) is 1. The molecular formula is C23H20FN7. The predicted octanol–water partition coefficient (Wildman–Crippen LogP) is 4.55. The molecule has 0 aliphatic heterocycles. The molecule has 0 spiro atoms. The summed E-state index contributed by atoms with van der Waals surface area (Å²) in [5, 5.41) is 10.3. The van der Waals surface area contributed by atoms with Gasteiger partial charge in [0.1, 0.15) is 11.6 Å². The van der Waals surface area contributed by atoms with Crippen molar-refractivity contribution >= 4 is 27.8 Å². The monoisotopic (exact) mass is 413 g/mol. The summed E-state index contributed by atoms with van der Waals surface area (Å²) in [4.78, 5) is 7.85. The summed E-state index contributed by atoms with van der Waals surface area (Å²) < 4.78 is 16.9. The number of aromatic nitrogens is 6. The zero-order chi connectivity index (χ0) is 21.5. The van der Waals surface area contributed by atoms with E-state index in [1.54, 1.807) is 33.8 Å². The SMILES string of the molecule is Cc1nn(-c2ccc(F)cc2)c2ccnc(-n3nc4ccccc4c3C)cc(N)[nH]c12. The molecule has 0 aliphatic rings. The minimum atomic E-state index is -0.301. The number of anilines is 1. The molecule has 0 saturated carbocycles. The number of aromatic amines is 1. The van der Waals surface area contributed by atoms with Crippen LogP contribution >= 0.6 is 0 Å². The molecule has 3 N–H and O–H groups in total. The van der Waals surface area contributed by atoms with Crippen LogP contribution in [-0.2, 0) is 0 Å². The Bertz CT molecular complexity index is 1470. The van der Waals surface area contributed by atoms with Gasteiger partial charge >= 0.3 is 0 Å². The lowest BCUT2D eigenvalue weighted by atomic mass is 10.2. The van der Waals surface area contributed by atoms with Crippen LogP contribution in [0.3, 0.4) is 0 Å². The van der Waals surface area contributed by atoms with Crippen molar-refractivity contribution in [1.29, 1.82) is 0 Å². The van der Waals surface area contributed by atoms with E-state index in [0.717, 1.165) is 39.0 Å². The second kappa shape index (κ2) is 7.24. The first-order valence-corrected chi connectivity index (χ1v) is 9.80. The molecule has 0 amide bonds. The van der Waals surface area contributed by atoms with Gasteiger partial charge in [0, 0.05) is 17.6 Å². The van der Waals surface area contributed by atoms with Gasteiger partial charge in [0.05, 0.1) is 33.6 Å². The number of nitrogens with two attached hydrogens (primary N) is 1. The summed E-state index contributed by atoms with van der Waals surface area (Å²) in [6.45, 7) is 3.88. The standard InChI is InChI=1S/C23H20FN7/c1-14-23-20(31(28-14)17-9-7-16(24)8-10-17)11-12-26-22(13-21(25)27-23)30-15(2)18-5-3-4-6-19(18)29-30/h3-13,27H,25H2,1-2H3. The molecule has 0 saturated heterocycles. The number of hydrogen-bond acceptors (Lipinski definition) is 4. The maximum Gasteiger partial charge on any atom is 0.157 e. The van der Waals surface area contributed by atoms with Gasteiger partial charge in [-0.3, -0.25) is 0 Å². The van der Waals surface area contributed by atoms with E-state index in [-0.39, 0.29) is 5.82 Å². The Morgan fingerprint density at radius 3 is 2.48 bits per heavy atom. The Morgan fingerprint density at radius 2 is 1.71 bits per heavy atom. The number of fused-ring (bicyclic) bond motifs is 2. The summed E-state index contributed by atoms with van der Waals surface area (Å²) in [5.41, 5.74) is 11.2. The predicted molar refractivity (Wildman–Crippen MR) is 119 cm³/mol. The molecule has 7 nitrogen and oxygen atoms in total. The summed E-state index contributed by atoms with van der Waals surface area (Å²) in [6.07, 6.45) is 1.69. The van der Waals surface area contributed by atoms with Crippen molar-refractivity contribution in [1.82, 2.24) is 29.5 Å². The van der Waals surface area contributed by atoms with Crippen molar-refractivity contribution in [3.8, 4) is 11.5 Å². The second-order valence-electron chi connectivity index (χ2n) is 7.28. The number of aryl methyl sites for hydroxylation is 2. The summed E-state index contributed by atoms with van der Waals surface area (Å²) in [7, 11) is 0. The first-order valence-electron chi connectivity index (χ1n) is 9.80. The average Bonchev–Trinajstić information content (AvgIpc) is 3.27. The minimum Gasteiger partial charge on any atom is -0.385 e. The minimum absolute atomic E-state index is 0.301. The van der Waals surface area contributed by atoms with Crippen molar-refractivity contribution in [2.75, 3.05) is 5.73 Å². The summed E-state index contributed by atoms with van der Waals surface area (Å²) >= 11 is 0. The van der Waals surface area contributed by atoms with Gasteiger partial charge in [0.2, 0.25) is 0 Å². The third-order valence-corrected chi connectivity index (χ3v) is 5.20. The fourth-order valence-corrected chi connectivity index (χ4v) is 3.68. The van der Waals surface area contributed by atoms with Gasteiger partial charge in [-0.2, -0.15) is 10.2 Å². The van der Waals surface area contributed by atoms with Crippen molar-refractivity contribution in [3.05, 3.63) is 84.1 Å². The summed E-state index contributed by atoms with van der Waals surface area (Å²) in [6, 6.07) is 17.7. The Kier molecular flexibility index (Phi) is 4.39. The van der Waals surface area contributed by atoms with E-state index in [0.29, 0.717) is 11.6 Å². The zero-order valence-electron chi connectivity index (χ0n) is 17.0. The van der Waals surface area contributed by atoms with E-state index in [2.05, 4.69) is 20.2 Å². The lowest BCUT2D eigenvalue weighted by Gasteiger charge is -2.02. The number of H-pyrrole nitrogens is 1. The topological polar surface area (TPSA) is 90.3 Å². The smallest absolute Gasteiger partial charge is 0.157 e. The van der Waals surface area contributed by atoms with E-state index in [9.17, 15) is 4.39 Å². The summed E-state index contributed by atoms with van der Waals surface area (Å²) in [5.74, 6) is 0.688.